The standard InChI is InChI=1S/C24H23N3O/c1-27(2)15-14-25-24(28)21-9-5-8-18-12-13-22(26-23(18)21)20-11-10-17-6-3-4-7-19(17)16-20/h3-13,16H,14-15H2,1-2H3,(H,25,28). The van der Waals surface area contributed by atoms with Gasteiger partial charge in [0.1, 0.15) is 0 Å². The molecule has 0 saturated carbocycles. The minimum atomic E-state index is -0.0874. The molecule has 0 aliphatic rings. The SMILES string of the molecule is CN(C)CCNC(=O)c1cccc2ccc(-c3ccc4ccccc4c3)nc12. The van der Waals surface area contributed by atoms with Gasteiger partial charge in [0, 0.05) is 24.0 Å². The van der Waals surface area contributed by atoms with Crippen molar-refractivity contribution in [2.75, 3.05) is 27.2 Å². The summed E-state index contributed by atoms with van der Waals surface area (Å²) >= 11 is 0. The summed E-state index contributed by atoms with van der Waals surface area (Å²) < 4.78 is 0. The predicted octanol–water partition coefficient (Wildman–Crippen LogP) is 4.35. The molecule has 0 aliphatic carbocycles. The largest absolute Gasteiger partial charge is 0.351 e. The van der Waals surface area contributed by atoms with Gasteiger partial charge in [-0.3, -0.25) is 4.79 Å². The lowest BCUT2D eigenvalue weighted by molar-refractivity contribution is 0.0952. The molecule has 0 fully saturated rings. The number of para-hydroxylation sites is 1. The molecule has 3 aromatic carbocycles. The fourth-order valence-electron chi connectivity index (χ4n) is 3.33. The Morgan fingerprint density at radius 1 is 0.893 bits per heavy atom. The Bertz CT molecular complexity index is 1150. The number of aromatic nitrogens is 1. The number of amides is 1. The van der Waals surface area contributed by atoms with E-state index < -0.39 is 0 Å². The molecular formula is C24H23N3O. The number of carbonyl (C=O) groups is 1. The molecule has 4 nitrogen and oxygen atoms in total. The van der Waals surface area contributed by atoms with E-state index in [1.54, 1.807) is 0 Å². The van der Waals surface area contributed by atoms with E-state index in [1.165, 1.54) is 10.8 Å². The van der Waals surface area contributed by atoms with Gasteiger partial charge in [0.2, 0.25) is 0 Å². The fraction of sp³-hybridized carbons (Fsp3) is 0.167. The molecule has 0 aliphatic heterocycles. The second-order valence-electron chi connectivity index (χ2n) is 7.19. The average Bonchev–Trinajstić information content (AvgIpc) is 2.72. The van der Waals surface area contributed by atoms with E-state index in [0.29, 0.717) is 12.1 Å². The van der Waals surface area contributed by atoms with E-state index in [9.17, 15) is 4.79 Å². The van der Waals surface area contributed by atoms with Crippen LogP contribution in [0.5, 0.6) is 0 Å². The highest BCUT2D eigenvalue weighted by atomic mass is 16.1. The molecule has 4 aromatic rings. The number of hydrogen-bond donors (Lipinski definition) is 1. The minimum absolute atomic E-state index is 0.0874. The Hall–Kier alpha value is -3.24. The summed E-state index contributed by atoms with van der Waals surface area (Å²) in [4.78, 5) is 19.6. The van der Waals surface area contributed by atoms with Gasteiger partial charge in [-0.1, -0.05) is 54.6 Å². The second kappa shape index (κ2) is 7.79. The van der Waals surface area contributed by atoms with Crippen LogP contribution in [-0.2, 0) is 0 Å². The molecule has 1 heterocycles. The number of likely N-dealkylation sites (N-methyl/N-ethyl adjacent to an activating group) is 1. The maximum Gasteiger partial charge on any atom is 0.253 e. The molecule has 0 spiro atoms. The van der Waals surface area contributed by atoms with Gasteiger partial charge in [-0.15, -0.1) is 0 Å². The Kier molecular flexibility index (Phi) is 5.04. The van der Waals surface area contributed by atoms with Crippen molar-refractivity contribution in [1.29, 1.82) is 0 Å². The third-order valence-electron chi connectivity index (χ3n) is 4.85. The van der Waals surface area contributed by atoms with Gasteiger partial charge < -0.3 is 10.2 Å². The fourth-order valence-corrected chi connectivity index (χ4v) is 3.33. The van der Waals surface area contributed by atoms with Crippen LogP contribution in [0.4, 0.5) is 0 Å². The molecule has 0 unspecified atom stereocenters. The Morgan fingerprint density at radius 3 is 2.46 bits per heavy atom. The highest BCUT2D eigenvalue weighted by Crippen LogP contribution is 2.26. The molecule has 0 radical (unpaired) electrons. The van der Waals surface area contributed by atoms with Crippen LogP contribution in [0.15, 0.2) is 72.8 Å². The second-order valence-corrected chi connectivity index (χ2v) is 7.19. The highest BCUT2D eigenvalue weighted by Gasteiger charge is 2.12. The quantitative estimate of drug-likeness (QED) is 0.569. The number of rotatable bonds is 5. The third kappa shape index (κ3) is 3.73. The Morgan fingerprint density at radius 2 is 1.64 bits per heavy atom. The lowest BCUT2D eigenvalue weighted by atomic mass is 10.0. The summed E-state index contributed by atoms with van der Waals surface area (Å²) in [5, 5.41) is 6.33. The first kappa shape index (κ1) is 18.1. The van der Waals surface area contributed by atoms with Gasteiger partial charge in [-0.05, 0) is 43.1 Å². The van der Waals surface area contributed by atoms with Crippen molar-refractivity contribution >= 4 is 27.6 Å². The van der Waals surface area contributed by atoms with Crippen LogP contribution in [0.1, 0.15) is 10.4 Å². The van der Waals surface area contributed by atoms with Gasteiger partial charge in [0.15, 0.2) is 0 Å². The lowest BCUT2D eigenvalue weighted by Crippen LogP contribution is -2.31. The molecular weight excluding hydrogens is 346 g/mol. The van der Waals surface area contributed by atoms with E-state index in [1.807, 2.05) is 61.5 Å². The van der Waals surface area contributed by atoms with Crippen LogP contribution in [0.25, 0.3) is 32.9 Å². The molecule has 140 valence electrons. The van der Waals surface area contributed by atoms with Gasteiger partial charge in [0.25, 0.3) is 5.91 Å². The van der Waals surface area contributed by atoms with E-state index in [0.717, 1.165) is 28.7 Å². The first-order chi connectivity index (χ1) is 13.6. The summed E-state index contributed by atoms with van der Waals surface area (Å²) in [6.07, 6.45) is 0. The van der Waals surface area contributed by atoms with Crippen LogP contribution in [0.3, 0.4) is 0 Å². The van der Waals surface area contributed by atoms with E-state index in [2.05, 4.69) is 35.6 Å². The maximum absolute atomic E-state index is 12.7. The smallest absolute Gasteiger partial charge is 0.253 e. The van der Waals surface area contributed by atoms with Crippen molar-refractivity contribution in [2.45, 2.75) is 0 Å². The number of benzene rings is 3. The van der Waals surface area contributed by atoms with Crippen LogP contribution < -0.4 is 5.32 Å². The van der Waals surface area contributed by atoms with Gasteiger partial charge in [0.05, 0.1) is 16.8 Å². The monoisotopic (exact) mass is 369 g/mol. The molecule has 1 aromatic heterocycles. The molecule has 0 saturated heterocycles. The zero-order valence-electron chi connectivity index (χ0n) is 16.1. The number of hydrogen-bond acceptors (Lipinski definition) is 3. The number of nitrogens with one attached hydrogen (secondary N) is 1. The van der Waals surface area contributed by atoms with Crippen LogP contribution in [-0.4, -0.2) is 43.0 Å². The molecule has 4 heteroatoms. The Balaban J connectivity index is 1.71. The summed E-state index contributed by atoms with van der Waals surface area (Å²) in [5.41, 5.74) is 3.25. The van der Waals surface area contributed by atoms with E-state index >= 15 is 0 Å². The van der Waals surface area contributed by atoms with Crippen molar-refractivity contribution in [3.05, 3.63) is 78.4 Å². The zero-order chi connectivity index (χ0) is 19.5. The summed E-state index contributed by atoms with van der Waals surface area (Å²) in [6, 6.07) is 24.4. The van der Waals surface area contributed by atoms with Gasteiger partial charge in [-0.25, -0.2) is 4.98 Å². The third-order valence-corrected chi connectivity index (χ3v) is 4.85. The van der Waals surface area contributed by atoms with Crippen molar-refractivity contribution in [3.63, 3.8) is 0 Å². The van der Waals surface area contributed by atoms with Crippen molar-refractivity contribution in [3.8, 4) is 11.3 Å². The van der Waals surface area contributed by atoms with Crippen molar-refractivity contribution < 1.29 is 4.79 Å². The van der Waals surface area contributed by atoms with Gasteiger partial charge >= 0.3 is 0 Å². The highest BCUT2D eigenvalue weighted by molar-refractivity contribution is 6.06. The topological polar surface area (TPSA) is 45.2 Å². The maximum atomic E-state index is 12.7. The normalized spacial score (nSPS) is 11.2. The number of fused-ring (bicyclic) bond motifs is 2. The summed E-state index contributed by atoms with van der Waals surface area (Å²) in [5.74, 6) is -0.0874. The number of pyridine rings is 1. The first-order valence-corrected chi connectivity index (χ1v) is 9.44. The van der Waals surface area contributed by atoms with Crippen LogP contribution in [0, 0.1) is 0 Å². The number of carbonyl (C=O) groups excluding carboxylic acids is 1. The molecule has 0 bridgehead atoms. The van der Waals surface area contributed by atoms with Crippen molar-refractivity contribution in [1.82, 2.24) is 15.2 Å². The van der Waals surface area contributed by atoms with Crippen LogP contribution in [0.2, 0.25) is 0 Å². The van der Waals surface area contributed by atoms with E-state index in [-0.39, 0.29) is 5.91 Å². The van der Waals surface area contributed by atoms with Gasteiger partial charge in [-0.2, -0.15) is 0 Å². The molecule has 0 atom stereocenters. The molecule has 1 amide bonds. The van der Waals surface area contributed by atoms with E-state index in [4.69, 9.17) is 4.98 Å². The van der Waals surface area contributed by atoms with Crippen molar-refractivity contribution in [2.24, 2.45) is 0 Å². The molecule has 28 heavy (non-hydrogen) atoms. The number of nitrogens with zero attached hydrogens (tertiary/aromatic N) is 2. The average molecular weight is 369 g/mol. The zero-order valence-corrected chi connectivity index (χ0v) is 16.1. The Labute approximate surface area is 164 Å². The van der Waals surface area contributed by atoms with Crippen LogP contribution >= 0.6 is 0 Å². The molecule has 1 N–H and O–H groups in total. The first-order valence-electron chi connectivity index (χ1n) is 9.44. The minimum Gasteiger partial charge on any atom is -0.351 e. The lowest BCUT2D eigenvalue weighted by Gasteiger charge is -2.12. The molecule has 4 rings (SSSR count). The predicted molar refractivity (Wildman–Crippen MR) is 116 cm³/mol. The summed E-state index contributed by atoms with van der Waals surface area (Å²) in [7, 11) is 3.98. The summed E-state index contributed by atoms with van der Waals surface area (Å²) in [6.45, 7) is 1.40.